The Bertz CT molecular complexity index is 2030. The van der Waals surface area contributed by atoms with Crippen LogP contribution < -0.4 is 0 Å². The molecule has 7 rings (SSSR count). The molecule has 198 valence electrons. The maximum Gasteiger partial charge on any atom is 0.229 e. The summed E-state index contributed by atoms with van der Waals surface area (Å²) in [5.41, 5.74) is 9.53. The summed E-state index contributed by atoms with van der Waals surface area (Å²) in [6, 6.07) is 41.5. The first-order chi connectivity index (χ1) is 19.9. The normalized spacial score (nSPS) is 14.3. The standard InChI is InChI=1S/C37H30N4/c1-24(25-14-6-4-7-15-25)39-35(26-16-8-5-9-17-26)40-36(38)41-32-21-13-11-19-28(32)30-23-22-29-27-18-10-12-20-31(27)37(2,3)33(29)34(30)41/h4-23,38H,1-3H3. The third-order valence-electron chi connectivity index (χ3n) is 8.27. The minimum Gasteiger partial charge on any atom is -0.278 e. The number of aromatic nitrogens is 1. The molecule has 0 fully saturated rings. The van der Waals surface area contributed by atoms with Crippen molar-refractivity contribution in [3.05, 3.63) is 144 Å². The number of para-hydroxylation sites is 1. The molecule has 0 atom stereocenters. The van der Waals surface area contributed by atoms with E-state index >= 15 is 0 Å². The van der Waals surface area contributed by atoms with Gasteiger partial charge in [0.05, 0.1) is 11.0 Å². The molecule has 1 aliphatic carbocycles. The van der Waals surface area contributed by atoms with E-state index in [0.29, 0.717) is 5.84 Å². The second-order valence-corrected chi connectivity index (χ2v) is 11.1. The number of nitrogens with one attached hydrogen (secondary N) is 1. The monoisotopic (exact) mass is 530 g/mol. The van der Waals surface area contributed by atoms with E-state index in [1.807, 2.05) is 78.2 Å². The van der Waals surface area contributed by atoms with E-state index in [2.05, 4.69) is 68.4 Å². The molecule has 1 aromatic heterocycles. The van der Waals surface area contributed by atoms with Crippen LogP contribution in [0.25, 0.3) is 32.9 Å². The van der Waals surface area contributed by atoms with Gasteiger partial charge in [0, 0.05) is 27.5 Å². The molecule has 0 bridgehead atoms. The first-order valence-corrected chi connectivity index (χ1v) is 14.0. The molecule has 5 aromatic carbocycles. The molecule has 0 saturated heterocycles. The zero-order valence-corrected chi connectivity index (χ0v) is 23.4. The summed E-state index contributed by atoms with van der Waals surface area (Å²) in [7, 11) is 0. The number of benzene rings is 5. The van der Waals surface area contributed by atoms with Crippen molar-refractivity contribution in [2.24, 2.45) is 9.98 Å². The second kappa shape index (κ2) is 9.53. The molecule has 0 spiro atoms. The van der Waals surface area contributed by atoms with Crippen LogP contribution in [0, 0.1) is 5.41 Å². The number of aliphatic imine (C=N–C) groups is 2. The Morgan fingerprint density at radius 1 is 0.634 bits per heavy atom. The van der Waals surface area contributed by atoms with Crippen LogP contribution in [-0.2, 0) is 5.41 Å². The van der Waals surface area contributed by atoms with E-state index in [1.165, 1.54) is 22.3 Å². The van der Waals surface area contributed by atoms with Crippen molar-refractivity contribution in [2.75, 3.05) is 0 Å². The summed E-state index contributed by atoms with van der Waals surface area (Å²) in [4.78, 5) is 9.93. The highest BCUT2D eigenvalue weighted by molar-refractivity contribution is 6.19. The van der Waals surface area contributed by atoms with E-state index in [9.17, 15) is 5.41 Å². The van der Waals surface area contributed by atoms with Gasteiger partial charge in [-0.3, -0.25) is 9.98 Å². The lowest BCUT2D eigenvalue weighted by Gasteiger charge is -2.23. The van der Waals surface area contributed by atoms with Gasteiger partial charge in [0.15, 0.2) is 5.84 Å². The molecule has 4 nitrogen and oxygen atoms in total. The molecular weight excluding hydrogens is 500 g/mol. The SMILES string of the molecule is CC(=NC(=NC(=N)n1c2ccccc2c2ccc3c(c21)C(C)(C)c1ccccc1-3)c1ccccc1)c1ccccc1. The number of hydrogen-bond donors (Lipinski definition) is 1. The molecule has 1 N–H and O–H groups in total. The smallest absolute Gasteiger partial charge is 0.229 e. The van der Waals surface area contributed by atoms with Crippen LogP contribution in [0.5, 0.6) is 0 Å². The van der Waals surface area contributed by atoms with Gasteiger partial charge < -0.3 is 0 Å². The molecule has 0 saturated carbocycles. The van der Waals surface area contributed by atoms with Gasteiger partial charge in [-0.2, -0.15) is 4.99 Å². The predicted octanol–water partition coefficient (Wildman–Crippen LogP) is 8.84. The molecule has 4 heteroatoms. The Labute approximate surface area is 239 Å². The van der Waals surface area contributed by atoms with Gasteiger partial charge in [-0.05, 0) is 40.8 Å². The molecule has 0 unspecified atom stereocenters. The van der Waals surface area contributed by atoms with Crippen molar-refractivity contribution in [1.82, 2.24) is 4.57 Å². The van der Waals surface area contributed by atoms with Crippen molar-refractivity contribution in [3.63, 3.8) is 0 Å². The molecule has 41 heavy (non-hydrogen) atoms. The highest BCUT2D eigenvalue weighted by Gasteiger charge is 2.38. The Morgan fingerprint density at radius 2 is 1.27 bits per heavy atom. The van der Waals surface area contributed by atoms with Gasteiger partial charge in [-0.25, -0.2) is 4.99 Å². The minimum atomic E-state index is -0.230. The van der Waals surface area contributed by atoms with Gasteiger partial charge in [-0.1, -0.05) is 129 Å². The quantitative estimate of drug-likeness (QED) is 0.172. The molecule has 6 aromatic rings. The van der Waals surface area contributed by atoms with Gasteiger partial charge in [-0.15, -0.1) is 0 Å². The fourth-order valence-corrected chi connectivity index (χ4v) is 6.33. The van der Waals surface area contributed by atoms with Crippen LogP contribution in [0.1, 0.15) is 43.0 Å². The van der Waals surface area contributed by atoms with Gasteiger partial charge in [0.25, 0.3) is 0 Å². The lowest BCUT2D eigenvalue weighted by Crippen LogP contribution is -2.19. The van der Waals surface area contributed by atoms with Crippen LogP contribution in [0.3, 0.4) is 0 Å². The summed E-state index contributed by atoms with van der Waals surface area (Å²) in [5.74, 6) is 0.651. The summed E-state index contributed by atoms with van der Waals surface area (Å²) < 4.78 is 2.02. The lowest BCUT2D eigenvalue weighted by molar-refractivity contribution is 0.664. The Kier molecular flexibility index (Phi) is 5.79. The molecular formula is C37H30N4. The summed E-state index contributed by atoms with van der Waals surface area (Å²) in [5, 5.41) is 11.7. The van der Waals surface area contributed by atoms with Gasteiger partial charge in [0.1, 0.15) is 0 Å². The Morgan fingerprint density at radius 3 is 2.02 bits per heavy atom. The minimum absolute atomic E-state index is 0.139. The predicted molar refractivity (Wildman–Crippen MR) is 172 cm³/mol. The lowest BCUT2D eigenvalue weighted by atomic mass is 9.81. The largest absolute Gasteiger partial charge is 0.278 e. The van der Waals surface area contributed by atoms with Crippen LogP contribution in [0.2, 0.25) is 0 Å². The Hall–Kier alpha value is -5.09. The fraction of sp³-hybridized carbons (Fsp3) is 0.108. The maximum absolute atomic E-state index is 9.50. The third-order valence-corrected chi connectivity index (χ3v) is 8.27. The fourth-order valence-electron chi connectivity index (χ4n) is 6.33. The molecule has 1 heterocycles. The van der Waals surface area contributed by atoms with Crippen LogP contribution in [0.15, 0.2) is 131 Å². The highest BCUT2D eigenvalue weighted by Crippen LogP contribution is 2.52. The maximum atomic E-state index is 9.50. The van der Waals surface area contributed by atoms with Crippen LogP contribution >= 0.6 is 0 Å². The number of rotatable bonds is 2. The van der Waals surface area contributed by atoms with Crippen molar-refractivity contribution in [3.8, 4) is 11.1 Å². The number of fused-ring (bicyclic) bond motifs is 7. The van der Waals surface area contributed by atoms with Gasteiger partial charge in [0.2, 0.25) is 5.96 Å². The summed E-state index contributed by atoms with van der Waals surface area (Å²) in [6.07, 6.45) is 0. The first-order valence-electron chi connectivity index (χ1n) is 14.0. The van der Waals surface area contributed by atoms with E-state index in [1.54, 1.807) is 0 Å². The highest BCUT2D eigenvalue weighted by atomic mass is 15.2. The van der Waals surface area contributed by atoms with E-state index in [4.69, 9.17) is 9.98 Å². The average molecular weight is 531 g/mol. The third kappa shape index (κ3) is 3.94. The molecule has 1 aliphatic rings. The van der Waals surface area contributed by atoms with Crippen molar-refractivity contribution in [2.45, 2.75) is 26.2 Å². The number of amidine groups is 1. The van der Waals surface area contributed by atoms with E-state index in [-0.39, 0.29) is 11.4 Å². The van der Waals surface area contributed by atoms with E-state index < -0.39 is 0 Å². The number of hydrogen-bond acceptors (Lipinski definition) is 1. The summed E-state index contributed by atoms with van der Waals surface area (Å²) >= 11 is 0. The van der Waals surface area contributed by atoms with E-state index in [0.717, 1.165) is 38.6 Å². The molecule has 0 radical (unpaired) electrons. The van der Waals surface area contributed by atoms with Gasteiger partial charge >= 0.3 is 0 Å². The zero-order valence-electron chi connectivity index (χ0n) is 23.4. The summed E-state index contributed by atoms with van der Waals surface area (Å²) in [6.45, 7) is 6.56. The van der Waals surface area contributed by atoms with Crippen molar-refractivity contribution >= 4 is 39.3 Å². The number of nitrogens with zero attached hydrogens (tertiary/aromatic N) is 3. The van der Waals surface area contributed by atoms with Crippen LogP contribution in [0.4, 0.5) is 0 Å². The average Bonchev–Trinajstić information content (AvgIpc) is 3.47. The molecule has 0 aliphatic heterocycles. The topological polar surface area (TPSA) is 53.5 Å². The van der Waals surface area contributed by atoms with Crippen LogP contribution in [-0.4, -0.2) is 22.1 Å². The second-order valence-electron chi connectivity index (χ2n) is 11.1. The zero-order chi connectivity index (χ0) is 28.1. The first kappa shape index (κ1) is 24.9. The van der Waals surface area contributed by atoms with Crippen molar-refractivity contribution in [1.29, 1.82) is 5.41 Å². The van der Waals surface area contributed by atoms with Crippen molar-refractivity contribution < 1.29 is 0 Å². The Balaban J connectivity index is 1.50. The molecule has 0 amide bonds.